The normalized spacial score (nSPS) is 16.9. The molecule has 0 bridgehead atoms. The van der Waals surface area contributed by atoms with Crippen molar-refractivity contribution in [1.82, 2.24) is 10.2 Å². The van der Waals surface area contributed by atoms with Crippen molar-refractivity contribution < 1.29 is 22.8 Å². The minimum atomic E-state index is -4.40. The fraction of sp³-hybridized carbons (Fsp3) is 0.556. The van der Waals surface area contributed by atoms with Crippen LogP contribution in [0.3, 0.4) is 0 Å². The Morgan fingerprint density at radius 2 is 1.77 bits per heavy atom. The molecular weight excluding hydrogens is 347 g/mol. The maximum Gasteiger partial charge on any atom is 0.416 e. The zero-order valence-electron chi connectivity index (χ0n) is 14.9. The van der Waals surface area contributed by atoms with Crippen molar-refractivity contribution in [2.24, 2.45) is 5.92 Å². The molecule has 8 heteroatoms. The third kappa shape index (κ3) is 5.37. The van der Waals surface area contributed by atoms with E-state index >= 15 is 0 Å². The number of halogens is 3. The molecule has 0 aromatic heterocycles. The molecule has 1 fully saturated rings. The van der Waals surface area contributed by atoms with Crippen molar-refractivity contribution in [2.75, 3.05) is 18.4 Å². The van der Waals surface area contributed by atoms with Crippen LogP contribution in [0, 0.1) is 5.92 Å². The van der Waals surface area contributed by atoms with Crippen LogP contribution in [0.25, 0.3) is 0 Å². The van der Waals surface area contributed by atoms with Gasteiger partial charge in [0.05, 0.1) is 5.56 Å². The largest absolute Gasteiger partial charge is 0.416 e. The van der Waals surface area contributed by atoms with Gasteiger partial charge in [0.15, 0.2) is 0 Å². The number of nitrogens with zero attached hydrogens (tertiary/aromatic N) is 1. The second kappa shape index (κ2) is 8.42. The van der Waals surface area contributed by atoms with Gasteiger partial charge in [-0.1, -0.05) is 13.8 Å². The first-order chi connectivity index (χ1) is 12.2. The SMILES string of the molecule is CCC(C)C(=O)N1CCC(NC(=O)Nc2ccc(C(F)(F)F)cc2)CC1. The van der Waals surface area contributed by atoms with E-state index in [0.29, 0.717) is 31.6 Å². The lowest BCUT2D eigenvalue weighted by molar-refractivity contribution is -0.137. The molecule has 1 unspecified atom stereocenters. The quantitative estimate of drug-likeness (QED) is 0.844. The van der Waals surface area contributed by atoms with Gasteiger partial charge in [0, 0.05) is 30.7 Å². The van der Waals surface area contributed by atoms with E-state index in [0.717, 1.165) is 18.6 Å². The van der Waals surface area contributed by atoms with Crippen LogP contribution in [0.4, 0.5) is 23.7 Å². The van der Waals surface area contributed by atoms with Gasteiger partial charge >= 0.3 is 12.2 Å². The first-order valence-electron chi connectivity index (χ1n) is 8.74. The molecule has 0 spiro atoms. The van der Waals surface area contributed by atoms with E-state index < -0.39 is 17.8 Å². The molecular formula is C18H24F3N3O2. The zero-order chi connectivity index (χ0) is 19.3. The van der Waals surface area contributed by atoms with E-state index in [1.54, 1.807) is 0 Å². The van der Waals surface area contributed by atoms with E-state index in [9.17, 15) is 22.8 Å². The molecule has 0 aliphatic carbocycles. The number of piperidine rings is 1. The lowest BCUT2D eigenvalue weighted by Gasteiger charge is -2.33. The highest BCUT2D eigenvalue weighted by Crippen LogP contribution is 2.29. The standard InChI is InChI=1S/C18H24F3N3O2/c1-3-12(2)16(25)24-10-8-15(9-11-24)23-17(26)22-14-6-4-13(5-7-14)18(19,20)21/h4-7,12,15H,3,8-11H2,1-2H3,(H2,22,23,26). The summed E-state index contributed by atoms with van der Waals surface area (Å²) < 4.78 is 37.6. The molecule has 1 aromatic carbocycles. The second-order valence-electron chi connectivity index (χ2n) is 6.58. The summed E-state index contributed by atoms with van der Waals surface area (Å²) in [5.74, 6) is 0.141. The summed E-state index contributed by atoms with van der Waals surface area (Å²) in [4.78, 5) is 26.0. The van der Waals surface area contributed by atoms with Crippen LogP contribution in [0.5, 0.6) is 0 Å². The topological polar surface area (TPSA) is 61.4 Å². The number of rotatable bonds is 4. The zero-order valence-corrected chi connectivity index (χ0v) is 14.9. The molecule has 3 amide bonds. The number of anilines is 1. The molecule has 1 aromatic rings. The van der Waals surface area contributed by atoms with Crippen LogP contribution in [-0.2, 0) is 11.0 Å². The highest BCUT2D eigenvalue weighted by molar-refractivity contribution is 5.89. The average Bonchev–Trinajstić information content (AvgIpc) is 2.60. The van der Waals surface area contributed by atoms with Crippen LogP contribution < -0.4 is 10.6 Å². The minimum Gasteiger partial charge on any atom is -0.342 e. The van der Waals surface area contributed by atoms with Gasteiger partial charge in [-0.3, -0.25) is 4.79 Å². The number of alkyl halides is 3. The fourth-order valence-electron chi connectivity index (χ4n) is 2.83. The van der Waals surface area contributed by atoms with Crippen molar-refractivity contribution in [2.45, 2.75) is 45.3 Å². The molecule has 1 saturated heterocycles. The number of benzene rings is 1. The predicted octanol–water partition coefficient (Wildman–Crippen LogP) is 3.86. The Bertz CT molecular complexity index is 624. The van der Waals surface area contributed by atoms with E-state index in [1.807, 2.05) is 18.7 Å². The number of hydrogen-bond donors (Lipinski definition) is 2. The van der Waals surface area contributed by atoms with Gasteiger partial charge in [0.1, 0.15) is 0 Å². The molecule has 144 valence electrons. The number of nitrogens with one attached hydrogen (secondary N) is 2. The minimum absolute atomic E-state index is 0.00229. The lowest BCUT2D eigenvalue weighted by Crippen LogP contribution is -2.48. The molecule has 1 atom stereocenters. The first kappa shape index (κ1) is 20.1. The maximum atomic E-state index is 12.5. The Morgan fingerprint density at radius 1 is 1.19 bits per heavy atom. The van der Waals surface area contributed by atoms with E-state index in [2.05, 4.69) is 10.6 Å². The third-order valence-corrected chi connectivity index (χ3v) is 4.65. The van der Waals surface area contributed by atoms with Crippen molar-refractivity contribution in [3.8, 4) is 0 Å². The van der Waals surface area contributed by atoms with E-state index in [1.165, 1.54) is 12.1 Å². The van der Waals surface area contributed by atoms with Gasteiger partial charge in [-0.25, -0.2) is 4.79 Å². The predicted molar refractivity (Wildman–Crippen MR) is 92.7 cm³/mol. The van der Waals surface area contributed by atoms with Crippen molar-refractivity contribution in [3.63, 3.8) is 0 Å². The van der Waals surface area contributed by atoms with Crippen LogP contribution in [0.15, 0.2) is 24.3 Å². The summed E-state index contributed by atoms with van der Waals surface area (Å²) in [6, 6.07) is 3.76. The van der Waals surface area contributed by atoms with Crippen LogP contribution >= 0.6 is 0 Å². The van der Waals surface area contributed by atoms with Gasteiger partial charge in [-0.05, 0) is 43.5 Å². The maximum absolute atomic E-state index is 12.5. The molecule has 26 heavy (non-hydrogen) atoms. The number of amides is 3. The highest BCUT2D eigenvalue weighted by atomic mass is 19.4. The van der Waals surface area contributed by atoms with E-state index in [-0.39, 0.29) is 17.9 Å². The van der Waals surface area contributed by atoms with Gasteiger partial charge in [-0.2, -0.15) is 13.2 Å². The van der Waals surface area contributed by atoms with Gasteiger partial charge in [0.25, 0.3) is 0 Å². The molecule has 0 radical (unpaired) electrons. The third-order valence-electron chi connectivity index (χ3n) is 4.65. The van der Waals surface area contributed by atoms with Crippen molar-refractivity contribution in [1.29, 1.82) is 0 Å². The average molecular weight is 371 g/mol. The second-order valence-corrected chi connectivity index (χ2v) is 6.58. The summed E-state index contributed by atoms with van der Waals surface area (Å²) in [6.07, 6.45) is -2.29. The summed E-state index contributed by atoms with van der Waals surface area (Å²) in [5.41, 5.74) is -0.471. The summed E-state index contributed by atoms with van der Waals surface area (Å²) >= 11 is 0. The smallest absolute Gasteiger partial charge is 0.342 e. The Hall–Kier alpha value is -2.25. The lowest BCUT2D eigenvalue weighted by atomic mass is 10.0. The van der Waals surface area contributed by atoms with E-state index in [4.69, 9.17) is 0 Å². The van der Waals surface area contributed by atoms with Gasteiger partial charge < -0.3 is 15.5 Å². The molecule has 5 nitrogen and oxygen atoms in total. The number of carbonyl (C=O) groups is 2. The number of carbonyl (C=O) groups excluding carboxylic acids is 2. The van der Waals surface area contributed by atoms with Gasteiger partial charge in [0.2, 0.25) is 5.91 Å². The summed E-state index contributed by atoms with van der Waals surface area (Å²) in [7, 11) is 0. The first-order valence-corrected chi connectivity index (χ1v) is 8.74. The number of likely N-dealkylation sites (tertiary alicyclic amines) is 1. The Morgan fingerprint density at radius 3 is 2.27 bits per heavy atom. The Labute approximate surface area is 150 Å². The molecule has 2 N–H and O–H groups in total. The molecule has 1 heterocycles. The fourth-order valence-corrected chi connectivity index (χ4v) is 2.83. The Kier molecular flexibility index (Phi) is 6.50. The number of urea groups is 1. The highest BCUT2D eigenvalue weighted by Gasteiger charge is 2.30. The van der Waals surface area contributed by atoms with Crippen LogP contribution in [0.2, 0.25) is 0 Å². The van der Waals surface area contributed by atoms with Crippen molar-refractivity contribution >= 4 is 17.6 Å². The Balaban J connectivity index is 1.80. The molecule has 0 saturated carbocycles. The molecule has 2 rings (SSSR count). The van der Waals surface area contributed by atoms with Gasteiger partial charge in [-0.15, -0.1) is 0 Å². The summed E-state index contributed by atoms with van der Waals surface area (Å²) in [5, 5.41) is 5.34. The van der Waals surface area contributed by atoms with Crippen LogP contribution in [0.1, 0.15) is 38.7 Å². The van der Waals surface area contributed by atoms with Crippen LogP contribution in [-0.4, -0.2) is 36.0 Å². The summed E-state index contributed by atoms with van der Waals surface area (Å²) in [6.45, 7) is 5.06. The molecule has 1 aliphatic heterocycles. The van der Waals surface area contributed by atoms with Crippen molar-refractivity contribution in [3.05, 3.63) is 29.8 Å². The molecule has 1 aliphatic rings. The number of hydrogen-bond acceptors (Lipinski definition) is 2. The monoisotopic (exact) mass is 371 g/mol.